The van der Waals surface area contributed by atoms with Gasteiger partial charge < -0.3 is 25.4 Å². The summed E-state index contributed by atoms with van der Waals surface area (Å²) in [5, 5.41) is 15.9. The topological polar surface area (TPSA) is 116 Å². The third kappa shape index (κ3) is 7.70. The molecule has 1 fully saturated rings. The van der Waals surface area contributed by atoms with E-state index in [1.165, 1.54) is 4.90 Å². The van der Waals surface area contributed by atoms with Crippen LogP contribution in [0.1, 0.15) is 64.0 Å². The lowest BCUT2D eigenvalue weighted by Gasteiger charge is -2.35. The molecule has 2 rings (SSSR count). The molecule has 3 N–H and O–H groups in total. The Labute approximate surface area is 201 Å². The van der Waals surface area contributed by atoms with E-state index >= 15 is 0 Å². The minimum atomic E-state index is -0.858. The fourth-order valence-corrected chi connectivity index (χ4v) is 3.89. The van der Waals surface area contributed by atoms with Crippen molar-refractivity contribution in [1.82, 2.24) is 15.5 Å². The molecule has 8 heteroatoms. The van der Waals surface area contributed by atoms with E-state index < -0.39 is 29.5 Å². The van der Waals surface area contributed by atoms with Crippen molar-refractivity contribution in [3.63, 3.8) is 0 Å². The zero-order chi connectivity index (χ0) is 25.3. The average molecular weight is 470 g/mol. The van der Waals surface area contributed by atoms with Crippen LogP contribution in [0.3, 0.4) is 0 Å². The smallest absolute Gasteiger partial charge is 0.246 e. The first kappa shape index (κ1) is 27.1. The van der Waals surface area contributed by atoms with Crippen molar-refractivity contribution >= 4 is 24.0 Å². The number of rotatable bonds is 10. The molecule has 0 unspecified atom stereocenters. The van der Waals surface area contributed by atoms with Crippen LogP contribution in [-0.4, -0.2) is 58.7 Å². The van der Waals surface area contributed by atoms with Gasteiger partial charge in [-0.1, -0.05) is 38.8 Å². The van der Waals surface area contributed by atoms with Gasteiger partial charge in [0.15, 0.2) is 0 Å². The van der Waals surface area contributed by atoms with Crippen LogP contribution in [0.15, 0.2) is 24.3 Å². The number of nitrogens with one attached hydrogen (secondary N) is 2. The maximum atomic E-state index is 13.5. The predicted octanol–water partition coefficient (Wildman–Crippen LogP) is 1.54. The number of nitrogens with zero attached hydrogens (tertiary/aromatic N) is 1. The van der Waals surface area contributed by atoms with Crippen molar-refractivity contribution in [2.24, 2.45) is 5.41 Å². The lowest BCUT2D eigenvalue weighted by Crippen LogP contribution is -2.57. The molecule has 0 radical (unpaired) electrons. The van der Waals surface area contributed by atoms with E-state index in [2.05, 4.69) is 16.6 Å². The fraction of sp³-hybridized carbons (Fsp3) is 0.538. The highest BCUT2D eigenvalue weighted by Crippen LogP contribution is 2.26. The van der Waals surface area contributed by atoms with E-state index in [0.717, 1.165) is 17.4 Å². The number of carbonyl (C=O) groups excluding carboxylic acids is 4. The summed E-state index contributed by atoms with van der Waals surface area (Å²) in [4.78, 5) is 50.7. The fourth-order valence-electron chi connectivity index (χ4n) is 3.89. The van der Waals surface area contributed by atoms with Crippen LogP contribution in [0, 0.1) is 17.8 Å². The monoisotopic (exact) mass is 469 g/mol. The van der Waals surface area contributed by atoms with Crippen LogP contribution in [0.25, 0.3) is 0 Å². The van der Waals surface area contributed by atoms with Gasteiger partial charge in [-0.2, -0.15) is 0 Å². The SMILES string of the molecule is C#Cc1ccc(CNC(=O)[C@@H]2C[C@@H](O)CN2C(=O)[C@@H](NC(=O)CCCCC=O)C(C)(C)C)cc1. The standard InChI is InChI=1S/C26H35N3O5/c1-5-18-10-12-19(13-11-18)16-27-24(33)21-15-20(31)17-29(21)25(34)23(26(2,3)4)28-22(32)9-7-6-8-14-30/h1,10-14,20-21,23,31H,6-9,15-17H2,2-4H3,(H,27,33)(H,28,32)/t20-,21+,23-/m1/s1. The lowest BCUT2D eigenvalue weighted by atomic mass is 9.85. The Balaban J connectivity index is 2.06. The lowest BCUT2D eigenvalue weighted by molar-refractivity contribution is -0.144. The minimum Gasteiger partial charge on any atom is -0.391 e. The van der Waals surface area contributed by atoms with Crippen molar-refractivity contribution in [1.29, 1.82) is 0 Å². The number of aliphatic hydroxyl groups is 1. The molecule has 1 aromatic carbocycles. The molecule has 1 aliphatic rings. The first-order valence-corrected chi connectivity index (χ1v) is 11.6. The number of hydrogen-bond acceptors (Lipinski definition) is 5. The van der Waals surface area contributed by atoms with Gasteiger partial charge in [0.25, 0.3) is 0 Å². The molecule has 3 atom stereocenters. The molecule has 1 heterocycles. The molecule has 0 bridgehead atoms. The van der Waals surface area contributed by atoms with E-state index in [1.807, 2.05) is 32.9 Å². The van der Waals surface area contributed by atoms with Crippen LogP contribution in [0.2, 0.25) is 0 Å². The summed E-state index contributed by atoms with van der Waals surface area (Å²) < 4.78 is 0. The van der Waals surface area contributed by atoms with Gasteiger partial charge in [-0.25, -0.2) is 0 Å². The number of likely N-dealkylation sites (tertiary alicyclic amines) is 1. The van der Waals surface area contributed by atoms with Crippen molar-refractivity contribution in [2.45, 2.75) is 77.6 Å². The van der Waals surface area contributed by atoms with Gasteiger partial charge >= 0.3 is 0 Å². The van der Waals surface area contributed by atoms with E-state index in [9.17, 15) is 24.3 Å². The van der Waals surface area contributed by atoms with Gasteiger partial charge in [-0.15, -0.1) is 6.42 Å². The Morgan fingerprint density at radius 2 is 1.91 bits per heavy atom. The summed E-state index contributed by atoms with van der Waals surface area (Å²) in [6.07, 6.45) is 7.24. The van der Waals surface area contributed by atoms with E-state index in [4.69, 9.17) is 6.42 Å². The van der Waals surface area contributed by atoms with Crippen molar-refractivity contribution in [3.05, 3.63) is 35.4 Å². The minimum absolute atomic E-state index is 0.0234. The summed E-state index contributed by atoms with van der Waals surface area (Å²) in [5.74, 6) is 1.49. The molecule has 0 aliphatic carbocycles. The van der Waals surface area contributed by atoms with Crippen LogP contribution in [-0.2, 0) is 25.7 Å². The number of amides is 3. The number of unbranched alkanes of at least 4 members (excludes halogenated alkanes) is 2. The molecular weight excluding hydrogens is 434 g/mol. The Bertz CT molecular complexity index is 914. The van der Waals surface area contributed by atoms with E-state index in [0.29, 0.717) is 19.3 Å². The van der Waals surface area contributed by atoms with E-state index in [-0.39, 0.29) is 37.7 Å². The third-order valence-electron chi connectivity index (χ3n) is 5.85. The number of aldehydes is 1. The number of terminal acetylenes is 1. The summed E-state index contributed by atoms with van der Waals surface area (Å²) in [6.45, 7) is 5.80. The predicted molar refractivity (Wildman–Crippen MR) is 128 cm³/mol. The molecule has 0 saturated carbocycles. The second-order valence-electron chi connectivity index (χ2n) is 9.73. The van der Waals surface area contributed by atoms with Gasteiger partial charge in [0, 0.05) is 37.9 Å². The zero-order valence-corrected chi connectivity index (χ0v) is 20.2. The van der Waals surface area contributed by atoms with Gasteiger partial charge in [0.2, 0.25) is 17.7 Å². The summed E-state index contributed by atoms with van der Waals surface area (Å²) >= 11 is 0. The Hall–Kier alpha value is -3.18. The van der Waals surface area contributed by atoms with Crippen molar-refractivity contribution in [3.8, 4) is 12.3 Å². The molecule has 8 nitrogen and oxygen atoms in total. The number of β-amino-alcohol motifs (C(OH)–C–C–N with tert-alkyl or cyclic N) is 1. The zero-order valence-electron chi connectivity index (χ0n) is 20.2. The quantitative estimate of drug-likeness (QED) is 0.273. The van der Waals surface area contributed by atoms with Gasteiger partial charge in [-0.3, -0.25) is 14.4 Å². The Morgan fingerprint density at radius 3 is 2.50 bits per heavy atom. The number of aliphatic hydroxyl groups excluding tert-OH is 1. The molecule has 3 amide bonds. The number of hydrogen-bond donors (Lipinski definition) is 3. The second-order valence-corrected chi connectivity index (χ2v) is 9.73. The molecule has 1 saturated heterocycles. The van der Waals surface area contributed by atoms with E-state index in [1.54, 1.807) is 12.1 Å². The molecular formula is C26H35N3O5. The normalized spacial score (nSPS) is 18.6. The van der Waals surface area contributed by atoms with Crippen molar-refractivity contribution < 1.29 is 24.3 Å². The van der Waals surface area contributed by atoms with Crippen LogP contribution < -0.4 is 10.6 Å². The maximum absolute atomic E-state index is 13.5. The molecule has 34 heavy (non-hydrogen) atoms. The highest BCUT2D eigenvalue weighted by atomic mass is 16.3. The molecule has 184 valence electrons. The number of benzene rings is 1. The molecule has 0 spiro atoms. The Morgan fingerprint density at radius 1 is 1.24 bits per heavy atom. The highest BCUT2D eigenvalue weighted by Gasteiger charge is 2.44. The molecule has 1 aromatic rings. The van der Waals surface area contributed by atoms with Gasteiger partial charge in [-0.05, 0) is 36.0 Å². The van der Waals surface area contributed by atoms with Gasteiger partial charge in [0.1, 0.15) is 18.4 Å². The first-order chi connectivity index (χ1) is 16.1. The highest BCUT2D eigenvalue weighted by molar-refractivity contribution is 5.93. The van der Waals surface area contributed by atoms with Crippen molar-refractivity contribution in [2.75, 3.05) is 6.54 Å². The van der Waals surface area contributed by atoms with Crippen LogP contribution >= 0.6 is 0 Å². The first-order valence-electron chi connectivity index (χ1n) is 11.6. The summed E-state index contributed by atoms with van der Waals surface area (Å²) in [7, 11) is 0. The largest absolute Gasteiger partial charge is 0.391 e. The third-order valence-corrected chi connectivity index (χ3v) is 5.85. The second kappa shape index (κ2) is 12.3. The summed E-state index contributed by atoms with van der Waals surface area (Å²) in [5.41, 5.74) is 0.992. The summed E-state index contributed by atoms with van der Waals surface area (Å²) in [6, 6.07) is 5.52. The molecule has 0 aromatic heterocycles. The number of carbonyl (C=O) groups is 4. The van der Waals surface area contributed by atoms with Gasteiger partial charge in [0.05, 0.1) is 6.10 Å². The van der Waals surface area contributed by atoms with Crippen LogP contribution in [0.5, 0.6) is 0 Å². The van der Waals surface area contributed by atoms with Crippen LogP contribution in [0.4, 0.5) is 0 Å². The maximum Gasteiger partial charge on any atom is 0.246 e. The average Bonchev–Trinajstić information content (AvgIpc) is 3.19. The molecule has 1 aliphatic heterocycles. The Kier molecular flexibility index (Phi) is 9.82.